The Morgan fingerprint density at radius 2 is 1.92 bits per heavy atom. The first-order valence-corrected chi connectivity index (χ1v) is 9.63. The summed E-state index contributed by atoms with van der Waals surface area (Å²) < 4.78 is 0. The summed E-state index contributed by atoms with van der Waals surface area (Å²) in [5.74, 6) is 0. The number of carbonyl (C=O) groups is 1. The molecule has 3 rings (SSSR count). The van der Waals surface area contributed by atoms with E-state index in [1.165, 1.54) is 18.4 Å². The lowest BCUT2D eigenvalue weighted by molar-refractivity contribution is 0.111. The van der Waals surface area contributed by atoms with E-state index in [0.717, 1.165) is 32.2 Å². The number of benzene rings is 1. The van der Waals surface area contributed by atoms with Crippen LogP contribution in [0.25, 0.3) is 0 Å². The van der Waals surface area contributed by atoms with E-state index in [9.17, 15) is 4.79 Å². The van der Waals surface area contributed by atoms with Gasteiger partial charge in [0.25, 0.3) is 0 Å². The van der Waals surface area contributed by atoms with Crippen molar-refractivity contribution in [2.45, 2.75) is 76.2 Å². The summed E-state index contributed by atoms with van der Waals surface area (Å²) in [6.45, 7) is 3.19. The van der Waals surface area contributed by atoms with Crippen molar-refractivity contribution in [3.05, 3.63) is 35.9 Å². The minimum atomic E-state index is -0.0636. The Balaban J connectivity index is 1.47. The average molecular weight is 345 g/mol. The van der Waals surface area contributed by atoms with Gasteiger partial charge in [-0.25, -0.2) is 4.79 Å². The molecule has 2 aliphatic heterocycles. The number of fused-ring (bicyclic) bond motifs is 2. The maximum atomic E-state index is 12.2. The fraction of sp³-hybridized carbons (Fsp3) is 0.650. The standard InChI is InChI=1S/C20H31N3O2/c1-15(6-5-11-24)21-20(25)22-17-12-18-9-10-19(13-17)23(18)14-16-7-3-2-4-8-16/h2-4,7-8,15,17-19,24H,5-6,9-14H2,1H3,(H2,21,22,25). The van der Waals surface area contributed by atoms with Crippen LogP contribution in [0.5, 0.6) is 0 Å². The molecule has 0 aromatic heterocycles. The van der Waals surface area contributed by atoms with Gasteiger partial charge in [-0.2, -0.15) is 0 Å². The number of aliphatic hydroxyl groups is 1. The van der Waals surface area contributed by atoms with E-state index in [1.54, 1.807) is 0 Å². The quantitative estimate of drug-likeness (QED) is 0.712. The number of rotatable bonds is 7. The van der Waals surface area contributed by atoms with Crippen LogP contribution in [-0.2, 0) is 6.54 Å². The molecule has 3 atom stereocenters. The highest BCUT2D eigenvalue weighted by atomic mass is 16.3. The van der Waals surface area contributed by atoms with E-state index in [2.05, 4.69) is 45.9 Å². The van der Waals surface area contributed by atoms with Gasteiger partial charge in [0.05, 0.1) is 0 Å². The van der Waals surface area contributed by atoms with Gasteiger partial charge >= 0.3 is 6.03 Å². The highest BCUT2D eigenvalue weighted by Crippen LogP contribution is 2.36. The first kappa shape index (κ1) is 18.2. The minimum absolute atomic E-state index is 0.0636. The van der Waals surface area contributed by atoms with Crippen molar-refractivity contribution < 1.29 is 9.90 Å². The molecule has 5 heteroatoms. The number of amides is 2. The average Bonchev–Trinajstić information content (AvgIpc) is 2.83. The van der Waals surface area contributed by atoms with Crippen LogP contribution in [0.15, 0.2) is 30.3 Å². The fourth-order valence-corrected chi connectivity index (χ4v) is 4.36. The second kappa shape index (κ2) is 8.68. The molecule has 2 aliphatic rings. The Labute approximate surface area is 150 Å². The molecule has 2 amide bonds. The molecule has 0 spiro atoms. The first-order chi connectivity index (χ1) is 12.2. The van der Waals surface area contributed by atoms with Gasteiger partial charge in [0.15, 0.2) is 0 Å². The van der Waals surface area contributed by atoms with Gasteiger partial charge in [-0.15, -0.1) is 0 Å². The number of carbonyl (C=O) groups excluding carboxylic acids is 1. The molecule has 5 nitrogen and oxygen atoms in total. The summed E-state index contributed by atoms with van der Waals surface area (Å²) in [5, 5.41) is 15.0. The zero-order valence-electron chi connectivity index (χ0n) is 15.2. The van der Waals surface area contributed by atoms with Crippen molar-refractivity contribution in [3.63, 3.8) is 0 Å². The summed E-state index contributed by atoms with van der Waals surface area (Å²) in [6.07, 6.45) is 6.10. The summed E-state index contributed by atoms with van der Waals surface area (Å²) >= 11 is 0. The zero-order chi connectivity index (χ0) is 17.6. The van der Waals surface area contributed by atoms with Crippen LogP contribution >= 0.6 is 0 Å². The number of aliphatic hydroxyl groups excluding tert-OH is 1. The lowest BCUT2D eigenvalue weighted by Crippen LogP contribution is -2.52. The predicted molar refractivity (Wildman–Crippen MR) is 99.3 cm³/mol. The molecule has 2 heterocycles. The van der Waals surface area contributed by atoms with Gasteiger partial charge < -0.3 is 15.7 Å². The summed E-state index contributed by atoms with van der Waals surface area (Å²) in [6, 6.07) is 12.1. The van der Waals surface area contributed by atoms with Gasteiger partial charge in [0, 0.05) is 37.3 Å². The first-order valence-electron chi connectivity index (χ1n) is 9.63. The molecule has 1 aromatic rings. The maximum Gasteiger partial charge on any atom is 0.315 e. The molecule has 3 N–H and O–H groups in total. The van der Waals surface area contributed by atoms with Crippen molar-refractivity contribution in [2.24, 2.45) is 0 Å². The van der Waals surface area contributed by atoms with Crippen LogP contribution in [0.1, 0.15) is 51.0 Å². The molecule has 1 aromatic carbocycles. The van der Waals surface area contributed by atoms with Crippen molar-refractivity contribution in [2.75, 3.05) is 6.61 Å². The Kier molecular flexibility index (Phi) is 6.32. The van der Waals surface area contributed by atoms with Gasteiger partial charge in [-0.3, -0.25) is 4.90 Å². The molecule has 2 saturated heterocycles. The van der Waals surface area contributed by atoms with E-state index in [-0.39, 0.29) is 24.7 Å². The molecule has 2 bridgehead atoms. The predicted octanol–water partition coefficient (Wildman–Crippen LogP) is 2.64. The van der Waals surface area contributed by atoms with E-state index in [1.807, 2.05) is 6.92 Å². The second-order valence-corrected chi connectivity index (χ2v) is 7.60. The molecule has 138 valence electrons. The molecule has 0 saturated carbocycles. The van der Waals surface area contributed by atoms with Crippen LogP contribution in [0.2, 0.25) is 0 Å². The van der Waals surface area contributed by atoms with E-state index >= 15 is 0 Å². The van der Waals surface area contributed by atoms with Gasteiger partial charge in [0.2, 0.25) is 0 Å². The highest BCUT2D eigenvalue weighted by Gasteiger charge is 2.40. The van der Waals surface area contributed by atoms with Gasteiger partial charge in [0.1, 0.15) is 0 Å². The molecular weight excluding hydrogens is 314 g/mol. The lowest BCUT2D eigenvalue weighted by atomic mass is 9.96. The van der Waals surface area contributed by atoms with Crippen molar-refractivity contribution in [1.29, 1.82) is 0 Å². The Hall–Kier alpha value is -1.59. The maximum absolute atomic E-state index is 12.2. The molecular formula is C20H31N3O2. The number of nitrogens with zero attached hydrogens (tertiary/aromatic N) is 1. The van der Waals surface area contributed by atoms with Crippen LogP contribution < -0.4 is 10.6 Å². The van der Waals surface area contributed by atoms with Gasteiger partial charge in [-0.1, -0.05) is 30.3 Å². The van der Waals surface area contributed by atoms with E-state index in [4.69, 9.17) is 5.11 Å². The van der Waals surface area contributed by atoms with Crippen molar-refractivity contribution >= 4 is 6.03 Å². The minimum Gasteiger partial charge on any atom is -0.396 e. The fourth-order valence-electron chi connectivity index (χ4n) is 4.36. The topological polar surface area (TPSA) is 64.6 Å². The van der Waals surface area contributed by atoms with Crippen LogP contribution in [0, 0.1) is 0 Å². The van der Waals surface area contributed by atoms with Crippen molar-refractivity contribution in [1.82, 2.24) is 15.5 Å². The molecule has 0 radical (unpaired) electrons. The second-order valence-electron chi connectivity index (χ2n) is 7.60. The van der Waals surface area contributed by atoms with Crippen LogP contribution in [0.3, 0.4) is 0 Å². The normalized spacial score (nSPS) is 27.0. The number of hydrogen-bond acceptors (Lipinski definition) is 3. The molecule has 25 heavy (non-hydrogen) atoms. The number of nitrogens with one attached hydrogen (secondary N) is 2. The summed E-state index contributed by atoms with van der Waals surface area (Å²) in [7, 11) is 0. The Morgan fingerprint density at radius 1 is 1.24 bits per heavy atom. The van der Waals surface area contributed by atoms with Gasteiger partial charge in [-0.05, 0) is 51.0 Å². The number of hydrogen-bond donors (Lipinski definition) is 3. The van der Waals surface area contributed by atoms with Crippen LogP contribution in [0.4, 0.5) is 4.79 Å². The molecule has 0 aliphatic carbocycles. The monoisotopic (exact) mass is 345 g/mol. The third-order valence-corrected chi connectivity index (χ3v) is 5.60. The molecule has 2 fully saturated rings. The van der Waals surface area contributed by atoms with E-state index < -0.39 is 0 Å². The number of urea groups is 1. The SMILES string of the molecule is CC(CCCO)NC(=O)NC1CC2CCC(C1)N2Cc1ccccc1. The zero-order valence-corrected chi connectivity index (χ0v) is 15.2. The third-order valence-electron chi connectivity index (χ3n) is 5.60. The van der Waals surface area contributed by atoms with Crippen molar-refractivity contribution in [3.8, 4) is 0 Å². The van der Waals surface area contributed by atoms with Crippen LogP contribution in [-0.4, -0.2) is 46.8 Å². The highest BCUT2D eigenvalue weighted by molar-refractivity contribution is 5.74. The lowest BCUT2D eigenvalue weighted by Gasteiger charge is -2.39. The summed E-state index contributed by atoms with van der Waals surface area (Å²) in [4.78, 5) is 14.8. The smallest absolute Gasteiger partial charge is 0.315 e. The summed E-state index contributed by atoms with van der Waals surface area (Å²) in [5.41, 5.74) is 1.38. The number of piperidine rings is 1. The molecule has 3 unspecified atom stereocenters. The largest absolute Gasteiger partial charge is 0.396 e. The Bertz CT molecular complexity index is 537. The van der Waals surface area contributed by atoms with E-state index in [0.29, 0.717) is 12.1 Å². The Morgan fingerprint density at radius 3 is 2.56 bits per heavy atom. The third kappa shape index (κ3) is 4.95.